The molecular weight excluding hydrogens is 208 g/mol. The third-order valence-electron chi connectivity index (χ3n) is 1.22. The summed E-state index contributed by atoms with van der Waals surface area (Å²) >= 11 is 3.76. The van der Waals surface area contributed by atoms with Gasteiger partial charge in [0.05, 0.1) is 0 Å². The number of thiol groups is 1. The van der Waals surface area contributed by atoms with Crippen LogP contribution in [0.3, 0.4) is 0 Å². The fourth-order valence-corrected chi connectivity index (χ4v) is 0.836. The van der Waals surface area contributed by atoms with Gasteiger partial charge in [-0.3, -0.25) is 4.79 Å². The Morgan fingerprint density at radius 3 is 2.43 bits per heavy atom. The van der Waals surface area contributed by atoms with Crippen molar-refractivity contribution in [3.05, 3.63) is 0 Å². The third-order valence-corrected chi connectivity index (χ3v) is 1.59. The van der Waals surface area contributed by atoms with Crippen LogP contribution in [0.15, 0.2) is 4.99 Å². The van der Waals surface area contributed by atoms with E-state index in [-0.39, 0.29) is 18.3 Å². The number of amides is 1. The van der Waals surface area contributed by atoms with E-state index in [1.54, 1.807) is 0 Å². The van der Waals surface area contributed by atoms with Crippen LogP contribution in [0, 0.1) is 0 Å². The van der Waals surface area contributed by atoms with E-state index in [9.17, 15) is 9.59 Å². The van der Waals surface area contributed by atoms with Gasteiger partial charge in [0.1, 0.15) is 12.6 Å². The number of carbonyl (C=O) groups is 2. The van der Waals surface area contributed by atoms with Crippen molar-refractivity contribution in [3.8, 4) is 0 Å². The zero-order valence-electron chi connectivity index (χ0n) is 7.30. The monoisotopic (exact) mass is 220 g/mol. The molecule has 0 rings (SSSR count). The fraction of sp³-hybridized carbons (Fsp3) is 0.500. The van der Waals surface area contributed by atoms with Crippen LogP contribution in [0.2, 0.25) is 0 Å². The summed E-state index contributed by atoms with van der Waals surface area (Å²) < 4.78 is 0. The van der Waals surface area contributed by atoms with Crippen LogP contribution in [-0.2, 0) is 9.59 Å². The standard InChI is InChI=1S/C6H12N4O3S/c7-6(8)9-1-4(11)10-3(2-14)5(12)13/h3,14H,1-2H2,(H,10,11)(H,12,13)(H4,7,8,9)/t3-/m0/s1. The summed E-state index contributed by atoms with van der Waals surface area (Å²) in [7, 11) is 0. The Labute approximate surface area is 86.0 Å². The lowest BCUT2D eigenvalue weighted by Gasteiger charge is -2.10. The van der Waals surface area contributed by atoms with E-state index in [2.05, 4.69) is 22.9 Å². The molecule has 1 amide bonds. The summed E-state index contributed by atoms with van der Waals surface area (Å²) in [5, 5.41) is 10.7. The zero-order chi connectivity index (χ0) is 11.1. The van der Waals surface area contributed by atoms with Crippen LogP contribution in [-0.4, -0.2) is 41.3 Å². The number of nitrogens with one attached hydrogen (secondary N) is 1. The highest BCUT2D eigenvalue weighted by Crippen LogP contribution is 1.88. The van der Waals surface area contributed by atoms with Gasteiger partial charge >= 0.3 is 5.97 Å². The smallest absolute Gasteiger partial charge is 0.327 e. The molecule has 0 aliphatic rings. The molecule has 14 heavy (non-hydrogen) atoms. The van der Waals surface area contributed by atoms with Crippen molar-refractivity contribution in [3.63, 3.8) is 0 Å². The number of carboxylic acid groups (broad SMARTS) is 1. The van der Waals surface area contributed by atoms with Crippen LogP contribution >= 0.6 is 12.6 Å². The first-order valence-electron chi connectivity index (χ1n) is 3.65. The molecule has 0 aliphatic carbocycles. The Hall–Kier alpha value is -1.44. The second-order valence-electron chi connectivity index (χ2n) is 2.38. The SMILES string of the molecule is NC(N)=NCC(=O)N[C@@H](CS)C(=O)O. The van der Waals surface area contributed by atoms with Gasteiger partial charge in [0.25, 0.3) is 0 Å². The van der Waals surface area contributed by atoms with E-state index in [1.165, 1.54) is 0 Å². The number of rotatable bonds is 5. The zero-order valence-corrected chi connectivity index (χ0v) is 8.20. The second kappa shape index (κ2) is 6.08. The van der Waals surface area contributed by atoms with Gasteiger partial charge in [-0.1, -0.05) is 0 Å². The lowest BCUT2D eigenvalue weighted by molar-refractivity contribution is -0.140. The molecule has 0 bridgehead atoms. The molecule has 1 atom stereocenters. The Balaban J connectivity index is 4.04. The molecular formula is C6H12N4O3S. The number of carboxylic acids is 1. The predicted octanol–water partition coefficient (Wildman–Crippen LogP) is -2.24. The number of guanidine groups is 1. The first kappa shape index (κ1) is 12.6. The molecule has 0 aliphatic heterocycles. The minimum Gasteiger partial charge on any atom is -0.480 e. The van der Waals surface area contributed by atoms with Crippen LogP contribution in [0.4, 0.5) is 0 Å². The summed E-state index contributed by atoms with van der Waals surface area (Å²) in [6, 6.07) is -1.03. The van der Waals surface area contributed by atoms with Crippen LogP contribution in [0.25, 0.3) is 0 Å². The highest BCUT2D eigenvalue weighted by atomic mass is 32.1. The normalized spacial score (nSPS) is 11.5. The molecule has 0 saturated carbocycles. The van der Waals surface area contributed by atoms with E-state index >= 15 is 0 Å². The number of hydrogen-bond donors (Lipinski definition) is 5. The maximum absolute atomic E-state index is 11.0. The highest BCUT2D eigenvalue weighted by molar-refractivity contribution is 7.80. The van der Waals surface area contributed by atoms with E-state index < -0.39 is 17.9 Å². The molecule has 80 valence electrons. The van der Waals surface area contributed by atoms with Gasteiger partial charge in [-0.05, 0) is 0 Å². The van der Waals surface area contributed by atoms with Gasteiger partial charge in [0, 0.05) is 5.75 Å². The molecule has 0 unspecified atom stereocenters. The minimum absolute atomic E-state index is 0.00287. The Morgan fingerprint density at radius 2 is 2.07 bits per heavy atom. The van der Waals surface area contributed by atoms with Crippen LogP contribution in [0.5, 0.6) is 0 Å². The number of aliphatic carboxylic acids is 1. The molecule has 0 spiro atoms. The lowest BCUT2D eigenvalue weighted by atomic mass is 10.3. The Bertz CT molecular complexity index is 251. The molecule has 0 fully saturated rings. The van der Waals surface area contributed by atoms with E-state index in [1.807, 2.05) is 0 Å². The van der Waals surface area contributed by atoms with Crippen molar-refractivity contribution < 1.29 is 14.7 Å². The molecule has 0 aromatic rings. The van der Waals surface area contributed by atoms with Crippen molar-refractivity contribution in [2.75, 3.05) is 12.3 Å². The van der Waals surface area contributed by atoms with Crippen molar-refractivity contribution in [1.82, 2.24) is 5.32 Å². The lowest BCUT2D eigenvalue weighted by Crippen LogP contribution is -2.43. The average molecular weight is 220 g/mol. The molecule has 6 N–H and O–H groups in total. The van der Waals surface area contributed by atoms with Gasteiger partial charge in [-0.15, -0.1) is 0 Å². The van der Waals surface area contributed by atoms with E-state index in [4.69, 9.17) is 16.6 Å². The van der Waals surface area contributed by atoms with Gasteiger partial charge in [0.15, 0.2) is 5.96 Å². The quantitative estimate of drug-likeness (QED) is 0.203. The third kappa shape index (κ3) is 5.25. The van der Waals surface area contributed by atoms with Gasteiger partial charge < -0.3 is 21.9 Å². The number of carbonyl (C=O) groups excluding carboxylic acids is 1. The van der Waals surface area contributed by atoms with Crippen molar-refractivity contribution >= 4 is 30.5 Å². The topological polar surface area (TPSA) is 131 Å². The first-order chi connectivity index (χ1) is 6.47. The summed E-state index contributed by atoms with van der Waals surface area (Å²) in [5.41, 5.74) is 9.96. The largest absolute Gasteiger partial charge is 0.480 e. The first-order valence-corrected chi connectivity index (χ1v) is 4.29. The van der Waals surface area contributed by atoms with Crippen LogP contribution < -0.4 is 16.8 Å². The molecule has 0 aromatic carbocycles. The van der Waals surface area contributed by atoms with Crippen molar-refractivity contribution in [1.29, 1.82) is 0 Å². The van der Waals surface area contributed by atoms with Crippen LogP contribution in [0.1, 0.15) is 0 Å². The van der Waals surface area contributed by atoms with E-state index in [0.717, 1.165) is 0 Å². The molecule has 0 saturated heterocycles. The van der Waals surface area contributed by atoms with E-state index in [0.29, 0.717) is 0 Å². The van der Waals surface area contributed by atoms with Gasteiger partial charge in [0.2, 0.25) is 5.91 Å². The maximum Gasteiger partial charge on any atom is 0.327 e. The molecule has 8 heteroatoms. The van der Waals surface area contributed by atoms with Gasteiger partial charge in [-0.25, -0.2) is 9.79 Å². The second-order valence-corrected chi connectivity index (χ2v) is 2.75. The molecule has 0 aromatic heterocycles. The fourth-order valence-electron chi connectivity index (χ4n) is 0.589. The van der Waals surface area contributed by atoms with Gasteiger partial charge in [-0.2, -0.15) is 12.6 Å². The molecule has 7 nitrogen and oxygen atoms in total. The van der Waals surface area contributed by atoms with Crippen molar-refractivity contribution in [2.45, 2.75) is 6.04 Å². The number of aliphatic imine (C=N–C) groups is 1. The predicted molar refractivity (Wildman–Crippen MR) is 54.1 cm³/mol. The summed E-state index contributed by atoms with van der Waals surface area (Å²) in [5.74, 6) is -1.95. The summed E-state index contributed by atoms with van der Waals surface area (Å²) in [6.07, 6.45) is 0. The Kier molecular flexibility index (Phi) is 5.46. The number of hydrogen-bond acceptors (Lipinski definition) is 4. The Morgan fingerprint density at radius 1 is 1.50 bits per heavy atom. The number of nitrogens with zero attached hydrogens (tertiary/aromatic N) is 1. The summed E-state index contributed by atoms with van der Waals surface area (Å²) in [6.45, 7) is -0.292. The average Bonchev–Trinajstić information content (AvgIpc) is 2.10. The molecule has 0 radical (unpaired) electrons. The number of nitrogens with two attached hydrogens (primary N) is 2. The van der Waals surface area contributed by atoms with Crippen molar-refractivity contribution in [2.24, 2.45) is 16.5 Å². The minimum atomic E-state index is -1.15. The maximum atomic E-state index is 11.0. The molecule has 0 heterocycles. The highest BCUT2D eigenvalue weighted by Gasteiger charge is 2.17. The summed E-state index contributed by atoms with van der Waals surface area (Å²) in [4.78, 5) is 24.9.